The van der Waals surface area contributed by atoms with Gasteiger partial charge in [-0.2, -0.15) is 0 Å². The van der Waals surface area contributed by atoms with Gasteiger partial charge in [0.25, 0.3) is 0 Å². The summed E-state index contributed by atoms with van der Waals surface area (Å²) in [6.45, 7) is 0. The largest absolute Gasteiger partial charge is 0.481 e. The summed E-state index contributed by atoms with van der Waals surface area (Å²) in [4.78, 5) is 9.46. The van der Waals surface area contributed by atoms with Gasteiger partial charge in [0.2, 0.25) is 0 Å². The lowest BCUT2D eigenvalue weighted by Crippen LogP contribution is -1.88. The van der Waals surface area contributed by atoms with Gasteiger partial charge in [0.15, 0.2) is 0 Å². The van der Waals surface area contributed by atoms with Gasteiger partial charge in [-0.3, -0.25) is 4.79 Å². The Kier molecular flexibility index (Phi) is 6.68. The van der Waals surface area contributed by atoms with Crippen LogP contribution < -0.4 is 0 Å². The van der Waals surface area contributed by atoms with E-state index in [9.17, 15) is 4.79 Å². The second-order valence-electron chi connectivity index (χ2n) is 0.775. The molecule has 0 aromatic carbocycles. The van der Waals surface area contributed by atoms with Crippen molar-refractivity contribution in [2.24, 2.45) is 0 Å². The molecule has 3 N–H and O–H groups in total. The van der Waals surface area contributed by atoms with Crippen molar-refractivity contribution < 1.29 is 15.4 Å². The number of hydrogen-bond donors (Lipinski definition) is 1. The van der Waals surface area contributed by atoms with Crippen LogP contribution in [0.1, 0.15) is 6.42 Å². The van der Waals surface area contributed by atoms with Crippen molar-refractivity contribution in [1.29, 1.82) is 0 Å². The zero-order valence-corrected chi connectivity index (χ0v) is 3.64. The molecule has 0 aliphatic rings. The molecule has 0 atom stereocenters. The second kappa shape index (κ2) is 4.99. The summed E-state index contributed by atoms with van der Waals surface area (Å²) in [5.74, 6) is 1.02. The highest BCUT2D eigenvalue weighted by Crippen LogP contribution is 1.68. The van der Waals surface area contributed by atoms with Crippen LogP contribution in [-0.4, -0.2) is 16.6 Å². The van der Waals surface area contributed by atoms with Gasteiger partial charge in [-0.05, 0) is 0 Å². The van der Waals surface area contributed by atoms with Gasteiger partial charge in [-0.15, -0.1) is 6.42 Å². The Bertz CT molecular complexity index is 89.6. The topological polar surface area (TPSA) is 68.8 Å². The average molecular weight is 102 g/mol. The van der Waals surface area contributed by atoms with E-state index in [1.54, 1.807) is 0 Å². The first-order valence-corrected chi connectivity index (χ1v) is 1.42. The fourth-order valence-electron chi connectivity index (χ4n) is 0.0873. The number of carbonyl (C=O) groups is 1. The monoisotopic (exact) mass is 102 g/mol. The molecule has 0 saturated carbocycles. The summed E-state index contributed by atoms with van der Waals surface area (Å²) in [5, 5.41) is 7.77. The Labute approximate surface area is 41.3 Å². The quantitative estimate of drug-likeness (QED) is 0.443. The van der Waals surface area contributed by atoms with E-state index in [2.05, 4.69) is 6.42 Å². The zero-order valence-electron chi connectivity index (χ0n) is 3.64. The van der Waals surface area contributed by atoms with E-state index < -0.39 is 5.97 Å². The summed E-state index contributed by atoms with van der Waals surface area (Å²) in [6, 6.07) is 0. The molecule has 3 heteroatoms. The van der Waals surface area contributed by atoms with Crippen LogP contribution in [0, 0.1) is 12.3 Å². The molecular formula is C4H6O3. The van der Waals surface area contributed by atoms with Crippen LogP contribution in [0.3, 0.4) is 0 Å². The maximum absolute atomic E-state index is 9.46. The Balaban J connectivity index is 0. The maximum Gasteiger partial charge on any atom is 0.315 e. The summed E-state index contributed by atoms with van der Waals surface area (Å²) >= 11 is 0. The minimum absolute atomic E-state index is 0. The van der Waals surface area contributed by atoms with Gasteiger partial charge in [-0.25, -0.2) is 0 Å². The molecule has 0 heterocycles. The predicted molar refractivity (Wildman–Crippen MR) is 24.7 cm³/mol. The molecule has 0 bridgehead atoms. The number of carboxylic acids is 1. The molecule has 0 unspecified atom stereocenters. The van der Waals surface area contributed by atoms with E-state index in [4.69, 9.17) is 5.11 Å². The van der Waals surface area contributed by atoms with Crippen molar-refractivity contribution in [3.05, 3.63) is 0 Å². The Morgan fingerprint density at radius 1 is 1.86 bits per heavy atom. The van der Waals surface area contributed by atoms with Crippen LogP contribution in [0.2, 0.25) is 0 Å². The summed E-state index contributed by atoms with van der Waals surface area (Å²) in [6.07, 6.45) is 4.42. The Morgan fingerprint density at radius 3 is 2.29 bits per heavy atom. The first-order valence-electron chi connectivity index (χ1n) is 1.42. The lowest BCUT2D eigenvalue weighted by Gasteiger charge is -1.72. The second-order valence-corrected chi connectivity index (χ2v) is 0.775. The fraction of sp³-hybridized carbons (Fsp3) is 0.250. The Morgan fingerprint density at radius 2 is 2.29 bits per heavy atom. The van der Waals surface area contributed by atoms with E-state index in [1.807, 2.05) is 5.92 Å². The van der Waals surface area contributed by atoms with Crippen LogP contribution in [0.15, 0.2) is 0 Å². The SMILES string of the molecule is C#CCC(=O)O.O. The minimum Gasteiger partial charge on any atom is -0.481 e. The number of aliphatic carboxylic acids is 1. The van der Waals surface area contributed by atoms with Crippen molar-refractivity contribution >= 4 is 5.97 Å². The molecule has 0 aromatic rings. The third-order valence-electron chi connectivity index (χ3n) is 0.253. The highest BCUT2D eigenvalue weighted by Gasteiger charge is 1.84. The molecule has 0 aromatic heterocycles. The zero-order chi connectivity index (χ0) is 4.99. The molecule has 0 radical (unpaired) electrons. The van der Waals surface area contributed by atoms with Crippen molar-refractivity contribution in [2.45, 2.75) is 6.42 Å². The van der Waals surface area contributed by atoms with Gasteiger partial charge >= 0.3 is 5.97 Å². The predicted octanol–water partition coefficient (Wildman–Crippen LogP) is -0.730. The average Bonchev–Trinajstić information content (AvgIpc) is 1.35. The van der Waals surface area contributed by atoms with E-state index in [-0.39, 0.29) is 11.9 Å². The lowest BCUT2D eigenvalue weighted by molar-refractivity contribution is -0.135. The minimum atomic E-state index is -0.947. The summed E-state index contributed by atoms with van der Waals surface area (Å²) in [7, 11) is 0. The number of rotatable bonds is 1. The third kappa shape index (κ3) is 11.3. The van der Waals surface area contributed by atoms with Gasteiger partial charge < -0.3 is 10.6 Å². The first-order chi connectivity index (χ1) is 2.77. The molecule has 0 rings (SSSR count). The lowest BCUT2D eigenvalue weighted by atomic mass is 10.5. The van der Waals surface area contributed by atoms with E-state index in [1.165, 1.54) is 0 Å². The van der Waals surface area contributed by atoms with Crippen LogP contribution >= 0.6 is 0 Å². The molecule has 0 amide bonds. The normalized spacial score (nSPS) is 5.57. The van der Waals surface area contributed by atoms with Gasteiger partial charge in [0.1, 0.15) is 6.42 Å². The molecule has 3 nitrogen and oxygen atoms in total. The van der Waals surface area contributed by atoms with E-state index in [0.717, 1.165) is 0 Å². The maximum atomic E-state index is 9.46. The number of carboxylic acid groups (broad SMARTS) is 1. The van der Waals surface area contributed by atoms with Crippen LogP contribution in [0.4, 0.5) is 0 Å². The molecule has 40 valence electrons. The first kappa shape index (κ1) is 9.37. The Hall–Kier alpha value is -1.01. The van der Waals surface area contributed by atoms with E-state index in [0.29, 0.717) is 0 Å². The number of hydrogen-bond acceptors (Lipinski definition) is 1. The van der Waals surface area contributed by atoms with Crippen molar-refractivity contribution in [1.82, 2.24) is 0 Å². The van der Waals surface area contributed by atoms with Crippen molar-refractivity contribution in [2.75, 3.05) is 0 Å². The molecule has 0 aliphatic heterocycles. The molecule has 0 spiro atoms. The van der Waals surface area contributed by atoms with Gasteiger partial charge in [-0.1, -0.05) is 5.92 Å². The van der Waals surface area contributed by atoms with Crippen LogP contribution in [0.25, 0.3) is 0 Å². The smallest absolute Gasteiger partial charge is 0.315 e. The van der Waals surface area contributed by atoms with Crippen LogP contribution in [0.5, 0.6) is 0 Å². The standard InChI is InChI=1S/C4H4O2.H2O/c1-2-3-4(5)6;/h1H,3H2,(H,5,6);1H2. The van der Waals surface area contributed by atoms with Gasteiger partial charge in [0.05, 0.1) is 0 Å². The summed E-state index contributed by atoms with van der Waals surface area (Å²) in [5.41, 5.74) is 0. The summed E-state index contributed by atoms with van der Waals surface area (Å²) < 4.78 is 0. The molecule has 7 heavy (non-hydrogen) atoms. The third-order valence-corrected chi connectivity index (χ3v) is 0.253. The molecular weight excluding hydrogens is 96.0 g/mol. The molecule has 0 fully saturated rings. The fourth-order valence-corrected chi connectivity index (χ4v) is 0.0873. The van der Waals surface area contributed by atoms with Crippen LogP contribution in [-0.2, 0) is 4.79 Å². The van der Waals surface area contributed by atoms with Crippen molar-refractivity contribution in [3.63, 3.8) is 0 Å². The highest BCUT2D eigenvalue weighted by atomic mass is 16.4. The highest BCUT2D eigenvalue weighted by molar-refractivity contribution is 5.69. The number of terminal acetylenes is 1. The van der Waals surface area contributed by atoms with E-state index >= 15 is 0 Å². The van der Waals surface area contributed by atoms with Gasteiger partial charge in [0, 0.05) is 0 Å². The molecule has 0 aliphatic carbocycles. The molecule has 0 saturated heterocycles. The van der Waals surface area contributed by atoms with Crippen molar-refractivity contribution in [3.8, 4) is 12.3 Å².